The number of aryl methyl sites for hydroxylation is 1. The van der Waals surface area contributed by atoms with E-state index in [4.69, 9.17) is 0 Å². The van der Waals surface area contributed by atoms with Crippen LogP contribution in [0, 0.1) is 6.92 Å². The zero-order valence-corrected chi connectivity index (χ0v) is 24.3. The number of nitrogens with zero attached hydrogens (tertiary/aromatic N) is 3. The molecule has 1 aromatic carbocycles. The van der Waals surface area contributed by atoms with Crippen molar-refractivity contribution in [2.75, 3.05) is 18.9 Å². The smallest absolute Gasteiger partial charge is 0.335 e. The zero-order valence-electron chi connectivity index (χ0n) is 21.1. The molecular formula is C25H28BrN5O6S2. The Morgan fingerprint density at radius 2 is 2.00 bits per heavy atom. The number of thiophene rings is 1. The van der Waals surface area contributed by atoms with Crippen LogP contribution in [0.4, 0.5) is 5.82 Å². The van der Waals surface area contributed by atoms with Gasteiger partial charge in [-0.25, -0.2) is 9.97 Å². The number of aliphatic hydroxyl groups excluding tert-OH is 2. The monoisotopic (exact) mass is 637 g/mol. The van der Waals surface area contributed by atoms with Crippen molar-refractivity contribution in [3.8, 4) is 0 Å². The first kappa shape index (κ1) is 28.2. The van der Waals surface area contributed by atoms with E-state index in [1.807, 2.05) is 19.1 Å². The SMILES string of the molecule is Cc1sc(C(=O)c2cncnc2N[C@@H]2C[C@@H](N(C)S(=O)(=O)O)[C@@H](O)[C@H]2O)cc1[C@@H]1NCCc2ccc(Br)cc21. The lowest BCUT2D eigenvalue weighted by molar-refractivity contribution is 0.0154. The molecule has 3 heterocycles. The van der Waals surface area contributed by atoms with Gasteiger partial charge in [-0.15, -0.1) is 11.3 Å². The maximum atomic E-state index is 13.7. The van der Waals surface area contributed by atoms with Crippen molar-refractivity contribution in [2.24, 2.45) is 0 Å². The fourth-order valence-corrected chi connectivity index (χ4v) is 7.24. The summed E-state index contributed by atoms with van der Waals surface area (Å²) in [4.78, 5) is 23.4. The van der Waals surface area contributed by atoms with Crippen molar-refractivity contribution < 1.29 is 28.0 Å². The Morgan fingerprint density at radius 3 is 2.74 bits per heavy atom. The lowest BCUT2D eigenvalue weighted by atomic mass is 9.90. The van der Waals surface area contributed by atoms with Gasteiger partial charge in [0.1, 0.15) is 18.2 Å². The molecule has 39 heavy (non-hydrogen) atoms. The van der Waals surface area contributed by atoms with Crippen LogP contribution in [0.15, 0.2) is 41.3 Å². The number of halogens is 1. The van der Waals surface area contributed by atoms with Crippen molar-refractivity contribution in [2.45, 2.75) is 50.1 Å². The highest BCUT2D eigenvalue weighted by Gasteiger charge is 2.46. The molecule has 0 unspecified atom stereocenters. The van der Waals surface area contributed by atoms with Gasteiger partial charge in [0.2, 0.25) is 5.78 Å². The Balaban J connectivity index is 1.41. The third kappa shape index (κ3) is 5.52. The summed E-state index contributed by atoms with van der Waals surface area (Å²) in [5, 5.41) is 27.6. The van der Waals surface area contributed by atoms with Crippen molar-refractivity contribution in [3.05, 3.63) is 73.3 Å². The van der Waals surface area contributed by atoms with Gasteiger partial charge in [0.05, 0.1) is 34.7 Å². The Morgan fingerprint density at radius 1 is 1.23 bits per heavy atom. The largest absolute Gasteiger partial charge is 0.389 e. The Bertz CT molecular complexity index is 1520. The molecule has 1 aliphatic heterocycles. The molecule has 5 rings (SSSR count). The van der Waals surface area contributed by atoms with Crippen LogP contribution in [0.25, 0.3) is 0 Å². The molecule has 0 saturated heterocycles. The van der Waals surface area contributed by atoms with E-state index in [1.54, 1.807) is 0 Å². The predicted molar refractivity (Wildman–Crippen MR) is 149 cm³/mol. The quantitative estimate of drug-likeness (QED) is 0.191. The average Bonchev–Trinajstić information content (AvgIpc) is 3.42. The second kappa shape index (κ2) is 10.9. The van der Waals surface area contributed by atoms with Gasteiger partial charge in [-0.1, -0.05) is 22.0 Å². The third-order valence-corrected chi connectivity index (χ3v) is 9.97. The van der Waals surface area contributed by atoms with Crippen LogP contribution in [-0.4, -0.2) is 81.1 Å². The number of rotatable bonds is 7. The molecule has 208 valence electrons. The summed E-state index contributed by atoms with van der Waals surface area (Å²) >= 11 is 4.94. The standard InChI is InChI=1S/C25H28BrN5O6S2/c1-12-15(21-16-7-14(26)4-3-13(16)5-6-28-21)8-20(38-12)22(32)17-10-27-11-29-25(17)30-18-9-19(24(34)23(18)33)31(2)39(35,36)37/h3-4,7-8,10-11,18-19,21,23-24,28,33-34H,5-6,9H2,1-2H3,(H,27,29,30)(H,35,36,37)/t18-,19-,21+,23+,24-/m1/s1. The highest BCUT2D eigenvalue weighted by atomic mass is 79.9. The molecule has 0 spiro atoms. The van der Waals surface area contributed by atoms with Crippen LogP contribution in [-0.2, 0) is 16.7 Å². The fraction of sp³-hybridized carbons (Fsp3) is 0.400. The minimum atomic E-state index is -4.58. The number of carbonyl (C=O) groups excluding carboxylic acids is 1. The highest BCUT2D eigenvalue weighted by Crippen LogP contribution is 2.37. The number of aliphatic hydroxyl groups is 2. The molecule has 11 nitrogen and oxygen atoms in total. The van der Waals surface area contributed by atoms with Gasteiger partial charge in [0.15, 0.2) is 0 Å². The van der Waals surface area contributed by atoms with Crippen LogP contribution in [0.2, 0.25) is 0 Å². The lowest BCUT2D eigenvalue weighted by Crippen LogP contribution is -2.44. The summed E-state index contributed by atoms with van der Waals surface area (Å²) in [6.45, 7) is 2.80. The fourth-order valence-electron chi connectivity index (χ4n) is 5.30. The predicted octanol–water partition coefficient (Wildman–Crippen LogP) is 2.08. The molecule has 14 heteroatoms. The normalized spacial score (nSPS) is 25.1. The van der Waals surface area contributed by atoms with Crippen LogP contribution >= 0.6 is 27.3 Å². The van der Waals surface area contributed by atoms with Gasteiger partial charge in [0.25, 0.3) is 0 Å². The summed E-state index contributed by atoms with van der Waals surface area (Å²) < 4.78 is 34.1. The van der Waals surface area contributed by atoms with Gasteiger partial charge in [0, 0.05) is 29.1 Å². The summed E-state index contributed by atoms with van der Waals surface area (Å²) in [6, 6.07) is 6.18. The van der Waals surface area contributed by atoms with Crippen molar-refractivity contribution >= 4 is 49.2 Å². The number of hydrogen-bond acceptors (Lipinski definition) is 10. The molecule has 0 amide bonds. The highest BCUT2D eigenvalue weighted by molar-refractivity contribution is 9.10. The molecule has 2 aliphatic rings. The zero-order chi connectivity index (χ0) is 28.1. The average molecular weight is 639 g/mol. The molecule has 2 aromatic heterocycles. The number of nitrogens with one attached hydrogen (secondary N) is 2. The topological polar surface area (TPSA) is 165 Å². The van der Waals surface area contributed by atoms with Crippen molar-refractivity contribution in [3.63, 3.8) is 0 Å². The number of carbonyl (C=O) groups is 1. The van der Waals surface area contributed by atoms with E-state index in [9.17, 15) is 28.0 Å². The minimum Gasteiger partial charge on any atom is -0.389 e. The Kier molecular flexibility index (Phi) is 7.92. The van der Waals surface area contributed by atoms with Gasteiger partial charge < -0.3 is 20.8 Å². The molecule has 5 N–H and O–H groups in total. The van der Waals surface area contributed by atoms with E-state index >= 15 is 0 Å². The molecule has 0 radical (unpaired) electrons. The van der Waals surface area contributed by atoms with Crippen molar-refractivity contribution in [1.29, 1.82) is 0 Å². The van der Waals surface area contributed by atoms with E-state index in [0.29, 0.717) is 9.18 Å². The second-order valence-electron chi connectivity index (χ2n) is 9.75. The molecule has 1 saturated carbocycles. The summed E-state index contributed by atoms with van der Waals surface area (Å²) in [6.07, 6.45) is 0.712. The number of aromatic nitrogens is 2. The minimum absolute atomic E-state index is 0.0270. The third-order valence-electron chi connectivity index (χ3n) is 7.41. The van der Waals surface area contributed by atoms with Gasteiger partial charge >= 0.3 is 10.3 Å². The van der Waals surface area contributed by atoms with Gasteiger partial charge in [-0.3, -0.25) is 9.35 Å². The summed E-state index contributed by atoms with van der Waals surface area (Å²) in [5.41, 5.74) is 3.62. The maximum Gasteiger partial charge on any atom is 0.335 e. The van der Waals surface area contributed by atoms with E-state index in [1.165, 1.54) is 35.0 Å². The molecule has 1 aliphatic carbocycles. The van der Waals surface area contributed by atoms with Crippen LogP contribution < -0.4 is 10.6 Å². The number of hydrogen-bond donors (Lipinski definition) is 5. The molecular weight excluding hydrogens is 610 g/mol. The second-order valence-corrected chi connectivity index (χ2v) is 13.4. The molecule has 3 aromatic rings. The van der Waals surface area contributed by atoms with Crippen LogP contribution in [0.5, 0.6) is 0 Å². The first-order valence-corrected chi connectivity index (χ1v) is 15.3. The lowest BCUT2D eigenvalue weighted by Gasteiger charge is -2.27. The number of benzene rings is 1. The molecule has 1 fully saturated rings. The van der Waals surface area contributed by atoms with Crippen LogP contribution in [0.1, 0.15) is 49.3 Å². The number of likely N-dealkylation sites (N-methyl/N-ethyl adjacent to an activating group) is 1. The number of fused-ring (bicyclic) bond motifs is 1. The molecule has 0 bridgehead atoms. The summed E-state index contributed by atoms with van der Waals surface area (Å²) in [7, 11) is -3.46. The summed E-state index contributed by atoms with van der Waals surface area (Å²) in [5.74, 6) is -0.151. The number of ketones is 1. The van der Waals surface area contributed by atoms with Crippen LogP contribution in [0.3, 0.4) is 0 Å². The first-order chi connectivity index (χ1) is 18.5. The van der Waals surface area contributed by atoms with Gasteiger partial charge in [-0.05, 0) is 54.7 Å². The van der Waals surface area contributed by atoms with Crippen molar-refractivity contribution in [1.82, 2.24) is 19.6 Å². The van der Waals surface area contributed by atoms with E-state index in [2.05, 4.69) is 48.7 Å². The Labute approximate surface area is 238 Å². The van der Waals surface area contributed by atoms with E-state index in [0.717, 1.165) is 34.9 Å². The maximum absolute atomic E-state index is 13.7. The molecule has 5 atom stereocenters. The van der Waals surface area contributed by atoms with E-state index < -0.39 is 34.6 Å². The Hall–Kier alpha value is -2.30. The van der Waals surface area contributed by atoms with E-state index in [-0.39, 0.29) is 29.6 Å². The first-order valence-electron chi connectivity index (χ1n) is 12.3. The van der Waals surface area contributed by atoms with Gasteiger partial charge in [-0.2, -0.15) is 12.7 Å². The number of anilines is 1.